The van der Waals surface area contributed by atoms with Crippen LogP contribution in [-0.4, -0.2) is 12.1 Å². The van der Waals surface area contributed by atoms with Gasteiger partial charge in [0.15, 0.2) is 0 Å². The molecule has 2 nitrogen and oxygen atoms in total. The molecule has 1 aliphatic rings. The van der Waals surface area contributed by atoms with E-state index < -0.39 is 0 Å². The first-order valence-electron chi connectivity index (χ1n) is 7.13. The van der Waals surface area contributed by atoms with E-state index in [0.29, 0.717) is 6.10 Å². The molecule has 0 saturated heterocycles. The van der Waals surface area contributed by atoms with Gasteiger partial charge < -0.3 is 10.5 Å². The van der Waals surface area contributed by atoms with Gasteiger partial charge >= 0.3 is 0 Å². The molecule has 2 N–H and O–H groups in total. The lowest BCUT2D eigenvalue weighted by atomic mass is 10.1. The summed E-state index contributed by atoms with van der Waals surface area (Å²) in [5.41, 5.74) is 7.45. The smallest absolute Gasteiger partial charge is 0.107 e. The lowest BCUT2D eigenvalue weighted by molar-refractivity contribution is -0.0293. The summed E-state index contributed by atoms with van der Waals surface area (Å²) in [5, 5.41) is 2.14. The first-order valence-corrected chi connectivity index (χ1v) is 8.01. The summed E-state index contributed by atoms with van der Waals surface area (Å²) in [7, 11) is 0. The van der Waals surface area contributed by atoms with E-state index in [1.165, 1.54) is 49.0 Å². The summed E-state index contributed by atoms with van der Waals surface area (Å²) < 4.78 is 6.34. The fourth-order valence-electron chi connectivity index (χ4n) is 2.69. The minimum atomic E-state index is 0.0607. The van der Waals surface area contributed by atoms with Crippen molar-refractivity contribution < 1.29 is 4.74 Å². The molecule has 102 valence electrons. The third kappa shape index (κ3) is 3.56. The van der Waals surface area contributed by atoms with Crippen LogP contribution in [0.25, 0.3) is 0 Å². The highest BCUT2D eigenvalue weighted by Crippen LogP contribution is 2.32. The maximum absolute atomic E-state index is 6.34. The van der Waals surface area contributed by atoms with Crippen LogP contribution in [0.5, 0.6) is 0 Å². The molecule has 1 fully saturated rings. The van der Waals surface area contributed by atoms with Crippen LogP contribution in [0.4, 0.5) is 0 Å². The summed E-state index contributed by atoms with van der Waals surface area (Å²) in [6, 6.07) is 2.22. The van der Waals surface area contributed by atoms with Crippen LogP contribution in [0, 0.1) is 6.92 Å². The standard InChI is InChI=1S/C15H25NOS/c1-11-9-10-18-15(11)14(12(2)16)17-13-7-5-3-4-6-8-13/h9-10,12-14H,3-8,16H2,1-2H3. The highest BCUT2D eigenvalue weighted by molar-refractivity contribution is 7.10. The topological polar surface area (TPSA) is 35.2 Å². The molecule has 0 spiro atoms. The fraction of sp³-hybridized carbons (Fsp3) is 0.733. The maximum atomic E-state index is 6.34. The third-order valence-electron chi connectivity index (χ3n) is 3.78. The van der Waals surface area contributed by atoms with E-state index in [-0.39, 0.29) is 12.1 Å². The van der Waals surface area contributed by atoms with E-state index in [1.807, 2.05) is 0 Å². The van der Waals surface area contributed by atoms with E-state index in [4.69, 9.17) is 10.5 Å². The highest BCUT2D eigenvalue weighted by Gasteiger charge is 2.24. The van der Waals surface area contributed by atoms with Crippen LogP contribution < -0.4 is 5.73 Å². The van der Waals surface area contributed by atoms with Gasteiger partial charge in [0, 0.05) is 10.9 Å². The second-order valence-corrected chi connectivity index (χ2v) is 6.44. The zero-order valence-corrected chi connectivity index (χ0v) is 12.3. The van der Waals surface area contributed by atoms with Gasteiger partial charge in [-0.25, -0.2) is 0 Å². The van der Waals surface area contributed by atoms with Crippen LogP contribution in [0.1, 0.15) is 62.0 Å². The number of hydrogen-bond acceptors (Lipinski definition) is 3. The van der Waals surface area contributed by atoms with Crippen LogP contribution >= 0.6 is 11.3 Å². The zero-order valence-electron chi connectivity index (χ0n) is 11.5. The molecule has 2 unspecified atom stereocenters. The molecule has 2 atom stereocenters. The van der Waals surface area contributed by atoms with Crippen molar-refractivity contribution in [2.75, 3.05) is 0 Å². The van der Waals surface area contributed by atoms with Gasteiger partial charge in [-0.15, -0.1) is 11.3 Å². The van der Waals surface area contributed by atoms with Crippen molar-refractivity contribution in [1.82, 2.24) is 0 Å². The largest absolute Gasteiger partial charge is 0.368 e. The Morgan fingerprint density at radius 1 is 1.28 bits per heavy atom. The van der Waals surface area contributed by atoms with Crippen LogP contribution in [-0.2, 0) is 4.74 Å². The van der Waals surface area contributed by atoms with Gasteiger partial charge in [0.1, 0.15) is 6.10 Å². The van der Waals surface area contributed by atoms with Crippen molar-refractivity contribution in [3.8, 4) is 0 Å². The van der Waals surface area contributed by atoms with Gasteiger partial charge in [-0.05, 0) is 43.7 Å². The Labute approximate surface area is 115 Å². The number of nitrogens with two attached hydrogens (primary N) is 1. The average Bonchev–Trinajstić information content (AvgIpc) is 2.62. The number of rotatable bonds is 4. The van der Waals surface area contributed by atoms with Crippen LogP contribution in [0.3, 0.4) is 0 Å². The average molecular weight is 267 g/mol. The Hall–Kier alpha value is -0.380. The molecule has 1 aromatic rings. The van der Waals surface area contributed by atoms with E-state index in [1.54, 1.807) is 11.3 Å². The van der Waals surface area contributed by atoms with Gasteiger partial charge in [-0.2, -0.15) is 0 Å². The van der Waals surface area contributed by atoms with Gasteiger partial charge in [0.05, 0.1) is 6.10 Å². The summed E-state index contributed by atoms with van der Waals surface area (Å²) in [4.78, 5) is 1.31. The first-order chi connectivity index (χ1) is 8.68. The maximum Gasteiger partial charge on any atom is 0.107 e. The number of thiophene rings is 1. The Morgan fingerprint density at radius 2 is 1.94 bits per heavy atom. The van der Waals surface area contributed by atoms with Crippen molar-refractivity contribution in [3.63, 3.8) is 0 Å². The molecule has 1 saturated carbocycles. The summed E-state index contributed by atoms with van der Waals surface area (Å²) >= 11 is 1.77. The normalized spacial score (nSPS) is 21.5. The first kappa shape index (κ1) is 14.0. The molecule has 1 aromatic heterocycles. The highest BCUT2D eigenvalue weighted by atomic mass is 32.1. The Bertz CT molecular complexity index is 353. The van der Waals surface area contributed by atoms with Gasteiger partial charge in [0.2, 0.25) is 0 Å². The minimum Gasteiger partial charge on any atom is -0.368 e. The molecule has 0 amide bonds. The number of ether oxygens (including phenoxy) is 1. The summed E-state index contributed by atoms with van der Waals surface area (Å²) in [5.74, 6) is 0. The second-order valence-electron chi connectivity index (χ2n) is 5.50. The second kappa shape index (κ2) is 6.69. The quantitative estimate of drug-likeness (QED) is 0.830. The predicted molar refractivity (Wildman–Crippen MR) is 78.0 cm³/mol. The Morgan fingerprint density at radius 3 is 2.44 bits per heavy atom. The molecule has 0 bridgehead atoms. The summed E-state index contributed by atoms with van der Waals surface area (Å²) in [6.07, 6.45) is 8.22. The molecule has 1 heterocycles. The SMILES string of the molecule is Cc1ccsc1C(OC1CCCCCC1)C(C)N. The van der Waals surface area contributed by atoms with E-state index in [2.05, 4.69) is 25.3 Å². The monoisotopic (exact) mass is 267 g/mol. The van der Waals surface area contributed by atoms with Gasteiger partial charge in [-0.1, -0.05) is 25.7 Å². The predicted octanol–water partition coefficient (Wildman–Crippen LogP) is 4.18. The van der Waals surface area contributed by atoms with Crippen molar-refractivity contribution in [1.29, 1.82) is 0 Å². The Balaban J connectivity index is 2.04. The molecular weight excluding hydrogens is 242 g/mol. The minimum absolute atomic E-state index is 0.0607. The lowest BCUT2D eigenvalue weighted by Gasteiger charge is -2.26. The van der Waals surface area contributed by atoms with E-state index in [0.717, 1.165) is 0 Å². The van der Waals surface area contributed by atoms with E-state index in [9.17, 15) is 0 Å². The number of aryl methyl sites for hydroxylation is 1. The van der Waals surface area contributed by atoms with Gasteiger partial charge in [-0.3, -0.25) is 0 Å². The third-order valence-corrected chi connectivity index (χ3v) is 4.86. The molecule has 0 radical (unpaired) electrons. The molecule has 0 aliphatic heterocycles. The fourth-order valence-corrected chi connectivity index (χ4v) is 3.76. The molecule has 1 aliphatic carbocycles. The molecule has 18 heavy (non-hydrogen) atoms. The van der Waals surface area contributed by atoms with Crippen molar-refractivity contribution >= 4 is 11.3 Å². The molecule has 2 rings (SSSR count). The summed E-state index contributed by atoms with van der Waals surface area (Å²) in [6.45, 7) is 4.21. The van der Waals surface area contributed by atoms with Gasteiger partial charge in [0.25, 0.3) is 0 Å². The van der Waals surface area contributed by atoms with Crippen LogP contribution in [0.2, 0.25) is 0 Å². The Kier molecular flexibility index (Phi) is 5.22. The molecular formula is C15H25NOS. The van der Waals surface area contributed by atoms with Crippen molar-refractivity contribution in [3.05, 3.63) is 21.9 Å². The van der Waals surface area contributed by atoms with Crippen molar-refractivity contribution in [2.24, 2.45) is 5.73 Å². The van der Waals surface area contributed by atoms with Crippen LogP contribution in [0.15, 0.2) is 11.4 Å². The van der Waals surface area contributed by atoms with E-state index >= 15 is 0 Å². The molecule has 0 aromatic carbocycles. The lowest BCUT2D eigenvalue weighted by Crippen LogP contribution is -2.30. The molecule has 3 heteroatoms. The number of hydrogen-bond donors (Lipinski definition) is 1. The zero-order chi connectivity index (χ0) is 13.0. The van der Waals surface area contributed by atoms with Crippen molar-refractivity contribution in [2.45, 2.75) is 70.6 Å².